The highest BCUT2D eigenvalue weighted by molar-refractivity contribution is 7.80. The van der Waals surface area contributed by atoms with E-state index in [1.807, 2.05) is 0 Å². The van der Waals surface area contributed by atoms with Crippen LogP contribution in [-0.4, -0.2) is 28.3 Å². The van der Waals surface area contributed by atoms with Crippen LogP contribution in [0.15, 0.2) is 29.3 Å². The van der Waals surface area contributed by atoms with Crippen molar-refractivity contribution >= 4 is 28.8 Å². The number of aromatic hydroxyl groups is 1. The number of benzene rings is 1. The quantitative estimate of drug-likeness (QED) is 0.745. The Hall–Kier alpha value is -1.75. The van der Waals surface area contributed by atoms with Crippen LogP contribution in [0.2, 0.25) is 0 Å². The summed E-state index contributed by atoms with van der Waals surface area (Å²) in [5, 5.41) is 11.7. The van der Waals surface area contributed by atoms with Crippen LogP contribution in [0.1, 0.15) is 5.56 Å². The molecule has 0 saturated carbocycles. The second-order valence-corrected chi connectivity index (χ2v) is 3.98. The maximum absolute atomic E-state index is 11.5. The molecule has 1 aliphatic rings. The van der Waals surface area contributed by atoms with E-state index in [0.717, 1.165) is 5.56 Å². The summed E-state index contributed by atoms with van der Waals surface area (Å²) < 4.78 is 0. The number of nitrogens with zero attached hydrogens (tertiary/aromatic N) is 1. The van der Waals surface area contributed by atoms with Gasteiger partial charge in [-0.15, -0.1) is 0 Å². The predicted molar refractivity (Wildman–Crippen MR) is 64.9 cm³/mol. The SMILES string of the molecule is O=C1NC(=S)CN=C1Cc1ccc(O)cc1. The van der Waals surface area contributed by atoms with E-state index >= 15 is 0 Å². The van der Waals surface area contributed by atoms with Crippen molar-refractivity contribution in [3.63, 3.8) is 0 Å². The van der Waals surface area contributed by atoms with Gasteiger partial charge < -0.3 is 10.4 Å². The molecule has 0 unspecified atom stereocenters. The molecule has 0 spiro atoms. The number of hydrogen-bond donors (Lipinski definition) is 2. The summed E-state index contributed by atoms with van der Waals surface area (Å²) in [5.41, 5.74) is 1.40. The molecule has 0 radical (unpaired) electrons. The normalized spacial score (nSPS) is 15.6. The number of rotatable bonds is 2. The van der Waals surface area contributed by atoms with Gasteiger partial charge in [0.1, 0.15) is 16.4 Å². The molecule has 1 aliphatic heterocycles. The van der Waals surface area contributed by atoms with Crippen LogP contribution < -0.4 is 5.32 Å². The Bertz CT molecular complexity index is 465. The second kappa shape index (κ2) is 4.40. The van der Waals surface area contributed by atoms with Gasteiger partial charge in [-0.2, -0.15) is 0 Å². The molecule has 1 amide bonds. The van der Waals surface area contributed by atoms with Crippen molar-refractivity contribution in [3.05, 3.63) is 29.8 Å². The molecular formula is C11H10N2O2S. The molecule has 0 saturated heterocycles. The highest BCUT2D eigenvalue weighted by atomic mass is 32.1. The number of carbonyl (C=O) groups is 1. The lowest BCUT2D eigenvalue weighted by molar-refractivity contribution is -0.113. The Labute approximate surface area is 98.0 Å². The number of phenolic OH excluding ortho intramolecular Hbond substituents is 1. The van der Waals surface area contributed by atoms with Gasteiger partial charge in [0.15, 0.2) is 0 Å². The first kappa shape index (κ1) is 10.8. The van der Waals surface area contributed by atoms with Crippen LogP contribution in [-0.2, 0) is 11.2 Å². The van der Waals surface area contributed by atoms with E-state index < -0.39 is 0 Å². The average Bonchev–Trinajstić information content (AvgIpc) is 2.25. The van der Waals surface area contributed by atoms with Crippen LogP contribution in [0, 0.1) is 0 Å². The van der Waals surface area contributed by atoms with Crippen molar-refractivity contribution in [3.8, 4) is 5.75 Å². The average molecular weight is 234 g/mol. The summed E-state index contributed by atoms with van der Waals surface area (Å²) in [6, 6.07) is 6.69. The van der Waals surface area contributed by atoms with Gasteiger partial charge in [-0.25, -0.2) is 0 Å². The summed E-state index contributed by atoms with van der Waals surface area (Å²) in [7, 11) is 0. The van der Waals surface area contributed by atoms with Crippen molar-refractivity contribution < 1.29 is 9.90 Å². The number of carbonyl (C=O) groups excluding carboxylic acids is 1. The molecule has 0 atom stereocenters. The first-order chi connectivity index (χ1) is 7.65. The lowest BCUT2D eigenvalue weighted by atomic mass is 10.1. The Kier molecular flexibility index (Phi) is 2.96. The number of nitrogens with one attached hydrogen (secondary N) is 1. The molecule has 1 heterocycles. The summed E-state index contributed by atoms with van der Waals surface area (Å²) >= 11 is 4.85. The number of phenols is 1. The summed E-state index contributed by atoms with van der Waals surface area (Å²) in [4.78, 5) is 16.1. The van der Waals surface area contributed by atoms with E-state index in [2.05, 4.69) is 10.3 Å². The molecule has 0 aliphatic carbocycles. The maximum Gasteiger partial charge on any atom is 0.270 e. The van der Waals surface area contributed by atoms with Crippen LogP contribution >= 0.6 is 12.2 Å². The van der Waals surface area contributed by atoms with Crippen LogP contribution in [0.25, 0.3) is 0 Å². The molecule has 82 valence electrons. The van der Waals surface area contributed by atoms with Crippen LogP contribution in [0.4, 0.5) is 0 Å². The first-order valence-corrected chi connectivity index (χ1v) is 5.21. The van der Waals surface area contributed by atoms with E-state index in [4.69, 9.17) is 17.3 Å². The van der Waals surface area contributed by atoms with Gasteiger partial charge in [0.05, 0.1) is 6.54 Å². The third-order valence-corrected chi connectivity index (χ3v) is 2.47. The molecule has 0 bridgehead atoms. The Morgan fingerprint density at radius 3 is 2.69 bits per heavy atom. The Balaban J connectivity index is 2.13. The van der Waals surface area contributed by atoms with Gasteiger partial charge in [0, 0.05) is 6.42 Å². The maximum atomic E-state index is 11.5. The molecule has 0 fully saturated rings. The summed E-state index contributed by atoms with van der Waals surface area (Å²) in [6.07, 6.45) is 0.453. The zero-order chi connectivity index (χ0) is 11.5. The van der Waals surface area contributed by atoms with Crippen LogP contribution in [0.5, 0.6) is 5.75 Å². The minimum absolute atomic E-state index is 0.208. The lowest BCUT2D eigenvalue weighted by Gasteiger charge is -2.13. The molecule has 5 heteroatoms. The van der Waals surface area contributed by atoms with Gasteiger partial charge in [-0.05, 0) is 17.7 Å². The minimum atomic E-state index is -0.232. The highest BCUT2D eigenvalue weighted by Gasteiger charge is 2.17. The molecule has 2 rings (SSSR count). The molecule has 4 nitrogen and oxygen atoms in total. The van der Waals surface area contributed by atoms with Gasteiger partial charge in [-0.1, -0.05) is 24.4 Å². The number of amides is 1. The molecule has 2 N–H and O–H groups in total. The molecular weight excluding hydrogens is 224 g/mol. The van der Waals surface area contributed by atoms with E-state index in [-0.39, 0.29) is 11.7 Å². The number of hydrogen-bond acceptors (Lipinski definition) is 4. The van der Waals surface area contributed by atoms with Crippen LogP contribution in [0.3, 0.4) is 0 Å². The number of thiocarbonyl (C=S) groups is 1. The highest BCUT2D eigenvalue weighted by Crippen LogP contribution is 2.11. The fourth-order valence-corrected chi connectivity index (χ4v) is 1.58. The predicted octanol–water partition coefficient (Wildman–Crippen LogP) is 0.833. The fraction of sp³-hybridized carbons (Fsp3) is 0.182. The van der Waals surface area contributed by atoms with Gasteiger partial charge >= 0.3 is 0 Å². The number of aliphatic imine (C=N–C) groups is 1. The second-order valence-electron chi connectivity index (χ2n) is 3.48. The monoisotopic (exact) mass is 234 g/mol. The third-order valence-electron chi connectivity index (χ3n) is 2.24. The van der Waals surface area contributed by atoms with Crippen molar-refractivity contribution in [1.82, 2.24) is 5.32 Å². The van der Waals surface area contributed by atoms with E-state index in [0.29, 0.717) is 23.7 Å². The van der Waals surface area contributed by atoms with Gasteiger partial charge in [0.2, 0.25) is 0 Å². The van der Waals surface area contributed by atoms with Crippen molar-refractivity contribution in [2.45, 2.75) is 6.42 Å². The van der Waals surface area contributed by atoms with Gasteiger partial charge in [0.25, 0.3) is 5.91 Å². The smallest absolute Gasteiger partial charge is 0.270 e. The standard InChI is InChI=1S/C11H10N2O2S/c14-8-3-1-7(2-4-8)5-9-11(15)13-10(16)6-12-9/h1-4,14H,5-6H2,(H,13,15,16). The topological polar surface area (TPSA) is 61.7 Å². The Morgan fingerprint density at radius 2 is 2.06 bits per heavy atom. The lowest BCUT2D eigenvalue weighted by Crippen LogP contribution is -2.41. The fourth-order valence-electron chi connectivity index (χ4n) is 1.42. The van der Waals surface area contributed by atoms with Crippen molar-refractivity contribution in [2.24, 2.45) is 4.99 Å². The minimum Gasteiger partial charge on any atom is -0.508 e. The summed E-state index contributed by atoms with van der Waals surface area (Å²) in [6.45, 7) is 0.370. The molecule has 0 aromatic heterocycles. The summed E-state index contributed by atoms with van der Waals surface area (Å²) in [5.74, 6) is -0.0238. The first-order valence-electron chi connectivity index (χ1n) is 4.80. The molecule has 16 heavy (non-hydrogen) atoms. The zero-order valence-corrected chi connectivity index (χ0v) is 9.25. The van der Waals surface area contributed by atoms with Crippen molar-refractivity contribution in [1.29, 1.82) is 0 Å². The van der Waals surface area contributed by atoms with Gasteiger partial charge in [-0.3, -0.25) is 9.79 Å². The largest absolute Gasteiger partial charge is 0.508 e. The zero-order valence-electron chi connectivity index (χ0n) is 8.43. The molecule has 1 aromatic rings. The van der Waals surface area contributed by atoms with E-state index in [1.54, 1.807) is 24.3 Å². The Morgan fingerprint density at radius 1 is 1.38 bits per heavy atom. The van der Waals surface area contributed by atoms with E-state index in [1.165, 1.54) is 0 Å². The van der Waals surface area contributed by atoms with E-state index in [9.17, 15) is 4.79 Å². The van der Waals surface area contributed by atoms with Crippen molar-refractivity contribution in [2.75, 3.05) is 6.54 Å². The molecule has 1 aromatic carbocycles. The third kappa shape index (κ3) is 2.43.